The molecule has 0 heterocycles. The van der Waals surface area contributed by atoms with E-state index >= 15 is 8.78 Å². The monoisotopic (exact) mass is 705 g/mol. The molecule has 0 atom stereocenters. The molecule has 0 unspecified atom stereocenters. The van der Waals surface area contributed by atoms with Crippen molar-refractivity contribution < 1.29 is 93.8 Å². The summed E-state index contributed by atoms with van der Waals surface area (Å²) in [5, 5.41) is 11.8. The Morgan fingerprint density at radius 3 is 0.681 bits per heavy atom. The van der Waals surface area contributed by atoms with Crippen molar-refractivity contribution in [3.8, 4) is 34.5 Å². The van der Waals surface area contributed by atoms with E-state index in [0.29, 0.717) is 0 Å². The van der Waals surface area contributed by atoms with Crippen molar-refractivity contribution in [3.63, 3.8) is 0 Å². The van der Waals surface area contributed by atoms with Crippen LogP contribution >= 0.6 is 0 Å². The smallest absolute Gasteiger partial charge is 0.360 e. The minimum atomic E-state index is -3.08. The van der Waals surface area contributed by atoms with Crippen LogP contribution in [0, 0.1) is 109 Å². The van der Waals surface area contributed by atoms with Gasteiger partial charge in [0.2, 0.25) is 133 Å². The minimum absolute atomic E-state index is 2.20. The fourth-order valence-corrected chi connectivity index (χ4v) is 3.38. The van der Waals surface area contributed by atoms with Crippen molar-refractivity contribution in [2.24, 2.45) is 0 Å². The SMILES string of the molecule is O=[N+]([O-])c1c(Oc2c(F)c(F)c(F)c(F)c2F)c(F)c(Oc2c(F)c(F)c(F)c(F)c2F)c(F)c1Oc1c(F)c(F)c(F)c(F)c1F. The summed E-state index contributed by atoms with van der Waals surface area (Å²) in [5.74, 6) is -67.1. The molecule has 0 aliphatic carbocycles. The molecule has 4 aromatic carbocycles. The summed E-state index contributed by atoms with van der Waals surface area (Å²) in [5.41, 5.74) is -2.71. The zero-order chi connectivity index (χ0) is 35.6. The number of halogens is 17. The molecule has 0 saturated carbocycles. The van der Waals surface area contributed by atoms with Gasteiger partial charge in [0.05, 0.1) is 4.92 Å². The Balaban J connectivity index is 2.15. The summed E-state index contributed by atoms with van der Waals surface area (Å²) >= 11 is 0. The van der Waals surface area contributed by atoms with Crippen LogP contribution in [0.4, 0.5) is 80.3 Å². The van der Waals surface area contributed by atoms with Crippen LogP contribution in [0.5, 0.6) is 34.5 Å². The Bertz CT molecular complexity index is 1850. The van der Waals surface area contributed by atoms with Crippen LogP contribution in [-0.2, 0) is 0 Å². The lowest BCUT2D eigenvalue weighted by Crippen LogP contribution is -2.11. The molecule has 4 aromatic rings. The lowest BCUT2D eigenvalue weighted by Gasteiger charge is -2.18. The van der Waals surface area contributed by atoms with Crippen molar-refractivity contribution in [2.45, 2.75) is 0 Å². The van der Waals surface area contributed by atoms with Crippen LogP contribution in [-0.4, -0.2) is 4.92 Å². The summed E-state index contributed by atoms with van der Waals surface area (Å²) in [4.78, 5) is 9.57. The highest BCUT2D eigenvalue weighted by atomic mass is 19.2. The number of nitrogens with zero attached hydrogens (tertiary/aromatic N) is 1. The molecule has 47 heavy (non-hydrogen) atoms. The third-order valence-corrected chi connectivity index (χ3v) is 5.53. The van der Waals surface area contributed by atoms with E-state index in [-0.39, 0.29) is 0 Å². The highest BCUT2D eigenvalue weighted by Crippen LogP contribution is 2.52. The summed E-state index contributed by atoms with van der Waals surface area (Å²) in [6.07, 6.45) is 0. The summed E-state index contributed by atoms with van der Waals surface area (Å²) in [7, 11) is 0. The third-order valence-electron chi connectivity index (χ3n) is 5.53. The second kappa shape index (κ2) is 12.0. The summed E-state index contributed by atoms with van der Waals surface area (Å²) in [6, 6.07) is 0. The lowest BCUT2D eigenvalue weighted by molar-refractivity contribution is -0.386. The molecule has 250 valence electrons. The van der Waals surface area contributed by atoms with Gasteiger partial charge in [-0.25, -0.2) is 39.5 Å². The first-order chi connectivity index (χ1) is 21.8. The maximum Gasteiger partial charge on any atom is 0.360 e. The van der Waals surface area contributed by atoms with Gasteiger partial charge in [-0.3, -0.25) is 10.1 Å². The first-order valence-electron chi connectivity index (χ1n) is 11.0. The van der Waals surface area contributed by atoms with Crippen molar-refractivity contribution in [1.82, 2.24) is 0 Å². The molecule has 0 aromatic heterocycles. The zero-order valence-corrected chi connectivity index (χ0v) is 20.9. The lowest BCUT2D eigenvalue weighted by atomic mass is 10.2. The maximum atomic E-state index is 15.5. The Morgan fingerprint density at radius 1 is 0.298 bits per heavy atom. The predicted octanol–water partition coefficient (Wildman–Crippen LogP) is 9.34. The standard InChI is InChI=1S/C24F17NO5/c25-1-4(28)10(34)19(11(35)5(1)29)45-22-16(40)23(46-20-12(36)6(30)2(26)7(31)13(20)37)18(42(43)44)24(17(22)41)47-21-14(38)8(32)3(27)9(33)15(21)39. The maximum absolute atomic E-state index is 15.5. The van der Waals surface area contributed by atoms with Gasteiger partial charge in [0.25, 0.3) is 0 Å². The largest absolute Gasteiger partial charge is 0.444 e. The van der Waals surface area contributed by atoms with Crippen molar-refractivity contribution in [1.29, 1.82) is 0 Å². The Hall–Kier alpha value is -5.51. The average molecular weight is 705 g/mol. The van der Waals surface area contributed by atoms with Gasteiger partial charge in [-0.1, -0.05) is 0 Å². The number of nitro groups is 1. The Morgan fingerprint density at radius 2 is 0.468 bits per heavy atom. The summed E-state index contributed by atoms with van der Waals surface area (Å²) < 4.78 is 251. The third kappa shape index (κ3) is 5.29. The molecular weight excluding hydrogens is 705 g/mol. The predicted molar refractivity (Wildman–Crippen MR) is 112 cm³/mol. The van der Waals surface area contributed by atoms with Gasteiger partial charge in [-0.05, 0) is 0 Å². The molecule has 0 spiro atoms. The molecule has 0 saturated heterocycles. The van der Waals surface area contributed by atoms with Crippen LogP contribution in [0.3, 0.4) is 0 Å². The van der Waals surface area contributed by atoms with E-state index in [2.05, 4.69) is 14.2 Å². The van der Waals surface area contributed by atoms with Gasteiger partial charge in [-0.15, -0.1) is 0 Å². The number of nitro benzene ring substituents is 1. The molecule has 0 aliphatic heterocycles. The van der Waals surface area contributed by atoms with Gasteiger partial charge in [0.15, 0.2) is 0 Å². The number of benzene rings is 4. The molecule has 4 rings (SSSR count). The van der Waals surface area contributed by atoms with E-state index in [1.54, 1.807) is 0 Å². The molecule has 0 fully saturated rings. The fourth-order valence-electron chi connectivity index (χ4n) is 3.38. The fraction of sp³-hybridized carbons (Fsp3) is 0. The second-order valence-corrected chi connectivity index (χ2v) is 8.22. The van der Waals surface area contributed by atoms with Crippen LogP contribution in [0.25, 0.3) is 0 Å². The van der Waals surface area contributed by atoms with E-state index in [1.165, 1.54) is 0 Å². The van der Waals surface area contributed by atoms with Gasteiger partial charge in [-0.2, -0.15) is 35.1 Å². The molecule has 0 radical (unpaired) electrons. The van der Waals surface area contributed by atoms with Crippen molar-refractivity contribution in [2.75, 3.05) is 0 Å². The molecule has 0 bridgehead atoms. The van der Waals surface area contributed by atoms with E-state index < -0.39 is 144 Å². The number of rotatable bonds is 7. The van der Waals surface area contributed by atoms with E-state index in [0.717, 1.165) is 0 Å². The Labute approximate surface area is 243 Å². The molecule has 23 heteroatoms. The average Bonchev–Trinajstić information content (AvgIpc) is 3.03. The highest BCUT2D eigenvalue weighted by molar-refractivity contribution is 5.65. The quantitative estimate of drug-likeness (QED) is 0.0631. The number of hydrogen-bond donors (Lipinski definition) is 0. The number of ether oxygens (including phenoxy) is 3. The van der Waals surface area contributed by atoms with Crippen LogP contribution in [0.15, 0.2) is 0 Å². The van der Waals surface area contributed by atoms with Gasteiger partial charge >= 0.3 is 5.69 Å². The molecule has 0 aliphatic rings. The van der Waals surface area contributed by atoms with Crippen LogP contribution < -0.4 is 14.2 Å². The van der Waals surface area contributed by atoms with Gasteiger partial charge < -0.3 is 14.2 Å². The molecule has 6 nitrogen and oxygen atoms in total. The zero-order valence-electron chi connectivity index (χ0n) is 20.9. The van der Waals surface area contributed by atoms with E-state index in [4.69, 9.17) is 0 Å². The van der Waals surface area contributed by atoms with Crippen LogP contribution in [0.1, 0.15) is 0 Å². The van der Waals surface area contributed by atoms with E-state index in [9.17, 15) is 76.0 Å². The first-order valence-corrected chi connectivity index (χ1v) is 11.0. The van der Waals surface area contributed by atoms with Crippen molar-refractivity contribution in [3.05, 3.63) is 109 Å². The Kier molecular flexibility index (Phi) is 8.79. The van der Waals surface area contributed by atoms with Crippen LogP contribution in [0.2, 0.25) is 0 Å². The second-order valence-electron chi connectivity index (χ2n) is 8.22. The topological polar surface area (TPSA) is 70.8 Å². The summed E-state index contributed by atoms with van der Waals surface area (Å²) in [6.45, 7) is 0. The van der Waals surface area contributed by atoms with Gasteiger partial charge in [0, 0.05) is 0 Å². The molecular formula is C24F17NO5. The normalized spacial score (nSPS) is 11.3. The number of hydrogen-bond acceptors (Lipinski definition) is 5. The van der Waals surface area contributed by atoms with Crippen molar-refractivity contribution >= 4 is 5.69 Å². The van der Waals surface area contributed by atoms with E-state index in [1.807, 2.05) is 0 Å². The molecule has 0 amide bonds. The first kappa shape index (κ1) is 34.4. The van der Waals surface area contributed by atoms with Gasteiger partial charge in [0.1, 0.15) is 0 Å². The molecule has 0 N–H and O–H groups in total. The highest BCUT2D eigenvalue weighted by Gasteiger charge is 2.41. The minimum Gasteiger partial charge on any atom is -0.444 e.